The van der Waals surface area contributed by atoms with Gasteiger partial charge in [-0.25, -0.2) is 32.7 Å². The number of nitrogens with one attached hydrogen (secondary N) is 1. The Morgan fingerprint density at radius 3 is 1.91 bits per heavy atom. The molecule has 0 radical (unpaired) electrons. The first-order chi connectivity index (χ1) is 26.7. The van der Waals surface area contributed by atoms with Crippen LogP contribution in [0.4, 0.5) is 28.9 Å². The zero-order valence-corrected chi connectivity index (χ0v) is 31.0. The molecule has 0 amide bonds. The molecule has 0 saturated carbocycles. The third kappa shape index (κ3) is 6.75. The maximum Gasteiger partial charge on any atom is 0.362 e. The molecule has 13 nitrogen and oxygen atoms in total. The van der Waals surface area contributed by atoms with E-state index in [1.807, 2.05) is 67.5 Å². The van der Waals surface area contributed by atoms with Crippen molar-refractivity contribution in [1.82, 2.24) is 39.5 Å². The molecule has 292 valence electrons. The molecule has 1 saturated heterocycles. The summed E-state index contributed by atoms with van der Waals surface area (Å²) in [5.41, 5.74) is -1.66. The first kappa shape index (κ1) is 38.2. The van der Waals surface area contributed by atoms with Crippen LogP contribution in [0.25, 0.3) is 16.8 Å². The number of aliphatic hydroxyl groups is 1. The minimum atomic E-state index is -4.01. The SMILES string of the molecule is CC(C)C(C(C)O)n1ncn(-c2ccc(N3CCN(c4ccc(-c5ccc(C(F)(F)[C@@](C)(c6ccc(F)cc6F)n6nn[nH]c6=O)nc5)cc4)CC3)cc2)c1=O. The Bertz CT molecular complexity index is 2410. The number of H-pyrrole nitrogens is 1. The Morgan fingerprint density at radius 1 is 0.804 bits per heavy atom. The van der Waals surface area contributed by atoms with E-state index in [2.05, 4.69) is 30.3 Å². The van der Waals surface area contributed by atoms with Gasteiger partial charge in [-0.05, 0) is 84.3 Å². The smallest absolute Gasteiger partial charge is 0.362 e. The fourth-order valence-electron chi connectivity index (χ4n) is 7.44. The van der Waals surface area contributed by atoms with Gasteiger partial charge in [0.05, 0.1) is 17.8 Å². The number of aromatic amines is 1. The van der Waals surface area contributed by atoms with Gasteiger partial charge in [0.15, 0.2) is 5.54 Å². The van der Waals surface area contributed by atoms with Crippen LogP contribution in [0.1, 0.15) is 45.0 Å². The number of alkyl halides is 2. The third-order valence-electron chi connectivity index (χ3n) is 10.5. The highest BCUT2D eigenvalue weighted by molar-refractivity contribution is 5.66. The minimum absolute atomic E-state index is 0.0193. The van der Waals surface area contributed by atoms with Gasteiger partial charge in [0.25, 0.3) is 0 Å². The number of tetrazole rings is 1. The van der Waals surface area contributed by atoms with E-state index < -0.39 is 52.2 Å². The van der Waals surface area contributed by atoms with Crippen LogP contribution in [0, 0.1) is 17.6 Å². The predicted octanol–water partition coefficient (Wildman–Crippen LogP) is 5.11. The van der Waals surface area contributed by atoms with Crippen LogP contribution < -0.4 is 21.2 Å². The lowest BCUT2D eigenvalue weighted by atomic mass is 9.83. The zero-order valence-electron chi connectivity index (χ0n) is 31.0. The minimum Gasteiger partial charge on any atom is -0.391 e. The molecule has 0 aliphatic carbocycles. The van der Waals surface area contributed by atoms with Crippen LogP contribution >= 0.6 is 0 Å². The highest BCUT2D eigenvalue weighted by Gasteiger charge is 2.58. The van der Waals surface area contributed by atoms with E-state index in [0.29, 0.717) is 22.0 Å². The summed E-state index contributed by atoms with van der Waals surface area (Å²) in [5.74, 6) is -6.26. The third-order valence-corrected chi connectivity index (χ3v) is 10.5. The highest BCUT2D eigenvalue weighted by atomic mass is 19.3. The Balaban J connectivity index is 1.02. The van der Waals surface area contributed by atoms with Crippen molar-refractivity contribution in [3.8, 4) is 16.8 Å². The number of benzene rings is 3. The molecular formula is C39H40F4N10O3. The number of pyridine rings is 1. The van der Waals surface area contributed by atoms with Crippen LogP contribution in [0.15, 0.2) is 101 Å². The van der Waals surface area contributed by atoms with Crippen molar-refractivity contribution in [1.29, 1.82) is 0 Å². The maximum atomic E-state index is 16.4. The van der Waals surface area contributed by atoms with Crippen molar-refractivity contribution in [3.05, 3.63) is 135 Å². The van der Waals surface area contributed by atoms with Gasteiger partial charge in [0.1, 0.15) is 23.7 Å². The normalized spacial score (nSPS) is 15.9. The van der Waals surface area contributed by atoms with Crippen LogP contribution in [0.5, 0.6) is 0 Å². The second-order valence-electron chi connectivity index (χ2n) is 14.4. The second kappa shape index (κ2) is 14.9. The molecule has 17 heteroatoms. The average Bonchev–Trinajstić information content (AvgIpc) is 3.79. The van der Waals surface area contributed by atoms with Gasteiger partial charge in [0, 0.05) is 60.9 Å². The summed E-state index contributed by atoms with van der Waals surface area (Å²) < 4.78 is 64.7. The molecule has 2 N–H and O–H groups in total. The van der Waals surface area contributed by atoms with E-state index in [0.717, 1.165) is 68.2 Å². The molecule has 3 aromatic carbocycles. The lowest BCUT2D eigenvalue weighted by molar-refractivity contribution is -0.104. The standard InChI is InChI=1S/C39H40F4N10O3/c1-24(2)35(25(3)54)52-37(56)51(23-45-52)31-13-11-30(12-14-31)50-19-17-49(18-20-50)29-9-5-26(6-10-29)27-7-16-34(44-22-27)39(42,43)38(4,53-36(55)46-47-48-53)32-15-8-28(40)21-33(32)41/h5-16,21-25,35,54H,17-20H2,1-4H3,(H,46,48,55)/t25?,35?,38-/m1/s1. The summed E-state index contributed by atoms with van der Waals surface area (Å²) >= 11 is 0. The molecule has 2 unspecified atom stereocenters. The molecule has 1 aliphatic rings. The van der Waals surface area contributed by atoms with Crippen LogP contribution in [-0.4, -0.2) is 76.9 Å². The average molecular weight is 773 g/mol. The van der Waals surface area contributed by atoms with Gasteiger partial charge in [0.2, 0.25) is 0 Å². The van der Waals surface area contributed by atoms with E-state index in [1.54, 1.807) is 6.92 Å². The number of piperazine rings is 1. The van der Waals surface area contributed by atoms with E-state index in [-0.39, 0.29) is 11.6 Å². The number of halogens is 4. The summed E-state index contributed by atoms with van der Waals surface area (Å²) in [5, 5.41) is 23.3. The molecule has 4 heterocycles. The second-order valence-corrected chi connectivity index (χ2v) is 14.4. The fourth-order valence-corrected chi connectivity index (χ4v) is 7.44. The molecule has 1 aliphatic heterocycles. The number of hydrogen-bond donors (Lipinski definition) is 2. The number of aliphatic hydroxyl groups excluding tert-OH is 1. The van der Waals surface area contributed by atoms with Gasteiger partial charge in [-0.15, -0.1) is 0 Å². The topological polar surface area (TPSA) is 143 Å². The molecule has 56 heavy (non-hydrogen) atoms. The summed E-state index contributed by atoms with van der Waals surface area (Å²) in [6.45, 7) is 9.45. The Kier molecular flexibility index (Phi) is 10.1. The summed E-state index contributed by atoms with van der Waals surface area (Å²) in [6.07, 6.45) is 2.02. The lowest BCUT2D eigenvalue weighted by Gasteiger charge is -2.37. The largest absolute Gasteiger partial charge is 0.391 e. The molecule has 0 bridgehead atoms. The van der Waals surface area contributed by atoms with E-state index in [9.17, 15) is 19.1 Å². The Morgan fingerprint density at radius 2 is 1.39 bits per heavy atom. The summed E-state index contributed by atoms with van der Waals surface area (Å²) in [7, 11) is 0. The molecule has 1 fully saturated rings. The lowest BCUT2D eigenvalue weighted by Crippen LogP contribution is -2.52. The van der Waals surface area contributed by atoms with Gasteiger partial charge < -0.3 is 14.9 Å². The molecular weight excluding hydrogens is 732 g/mol. The summed E-state index contributed by atoms with van der Waals surface area (Å²) in [4.78, 5) is 34.2. The van der Waals surface area contributed by atoms with Gasteiger partial charge >= 0.3 is 17.3 Å². The quantitative estimate of drug-likeness (QED) is 0.172. The zero-order chi connectivity index (χ0) is 39.9. The predicted molar refractivity (Wildman–Crippen MR) is 201 cm³/mol. The van der Waals surface area contributed by atoms with Crippen molar-refractivity contribution in [3.63, 3.8) is 0 Å². The van der Waals surface area contributed by atoms with Gasteiger partial charge in [-0.3, -0.25) is 4.98 Å². The van der Waals surface area contributed by atoms with Gasteiger partial charge in [-0.2, -0.15) is 18.6 Å². The van der Waals surface area contributed by atoms with Crippen molar-refractivity contribution >= 4 is 11.4 Å². The number of aromatic nitrogens is 8. The maximum absolute atomic E-state index is 16.4. The van der Waals surface area contributed by atoms with Crippen molar-refractivity contribution in [2.45, 2.75) is 51.3 Å². The van der Waals surface area contributed by atoms with E-state index in [1.165, 1.54) is 27.8 Å². The molecule has 0 spiro atoms. The van der Waals surface area contributed by atoms with Gasteiger partial charge in [-0.1, -0.05) is 38.1 Å². The molecule has 7 rings (SSSR count). The van der Waals surface area contributed by atoms with E-state index in [4.69, 9.17) is 0 Å². The Hall–Kier alpha value is -6.10. The van der Waals surface area contributed by atoms with Crippen molar-refractivity contribution in [2.75, 3.05) is 36.0 Å². The Labute approximate surface area is 318 Å². The van der Waals surface area contributed by atoms with Crippen LogP contribution in [0.2, 0.25) is 0 Å². The summed E-state index contributed by atoms with van der Waals surface area (Å²) in [6, 6.07) is 19.6. The monoisotopic (exact) mass is 772 g/mol. The number of anilines is 2. The number of rotatable bonds is 11. The van der Waals surface area contributed by atoms with Crippen molar-refractivity contribution in [2.24, 2.45) is 5.92 Å². The number of nitrogens with zero attached hydrogens (tertiary/aromatic N) is 9. The highest BCUT2D eigenvalue weighted by Crippen LogP contribution is 2.47. The first-order valence-corrected chi connectivity index (χ1v) is 18.1. The first-order valence-electron chi connectivity index (χ1n) is 18.1. The molecule has 3 aromatic heterocycles. The fraction of sp³-hybridized carbons (Fsp3) is 0.333. The molecule has 6 aromatic rings. The van der Waals surface area contributed by atoms with Crippen LogP contribution in [0.3, 0.4) is 0 Å². The van der Waals surface area contributed by atoms with Crippen LogP contribution in [-0.2, 0) is 11.5 Å². The molecule has 3 atom stereocenters. The van der Waals surface area contributed by atoms with E-state index >= 15 is 13.2 Å². The number of hydrogen-bond acceptors (Lipinski definition) is 9. The van der Waals surface area contributed by atoms with Crippen molar-refractivity contribution < 1.29 is 22.7 Å².